The van der Waals surface area contributed by atoms with E-state index in [1.807, 2.05) is 0 Å². The first-order valence-electron chi connectivity index (χ1n) is 9.54. The number of nitrogens with one attached hydrogen (secondary N) is 2. The Morgan fingerprint density at radius 2 is 1.69 bits per heavy atom. The summed E-state index contributed by atoms with van der Waals surface area (Å²) in [5.74, 6) is -0.484. The molecule has 0 atom stereocenters. The Labute approximate surface area is 185 Å². The van der Waals surface area contributed by atoms with Crippen LogP contribution in [0.5, 0.6) is 5.75 Å². The fourth-order valence-electron chi connectivity index (χ4n) is 2.82. The summed E-state index contributed by atoms with van der Waals surface area (Å²) < 4.78 is 46.0. The van der Waals surface area contributed by atoms with Gasteiger partial charge in [-0.05, 0) is 72.6 Å². The predicted molar refractivity (Wildman–Crippen MR) is 118 cm³/mol. The van der Waals surface area contributed by atoms with Gasteiger partial charge in [0.05, 0.1) is 17.4 Å². The molecule has 0 unspecified atom stereocenters. The highest BCUT2D eigenvalue weighted by molar-refractivity contribution is 7.92. The molecule has 0 aliphatic carbocycles. The molecule has 32 heavy (non-hydrogen) atoms. The number of ether oxygens (including phenoxy) is 1. The van der Waals surface area contributed by atoms with Crippen molar-refractivity contribution in [1.29, 1.82) is 5.26 Å². The van der Waals surface area contributed by atoms with Crippen molar-refractivity contribution < 1.29 is 22.3 Å². The molecule has 0 spiro atoms. The van der Waals surface area contributed by atoms with Crippen molar-refractivity contribution >= 4 is 27.3 Å². The quantitative estimate of drug-likeness (QED) is 0.536. The molecular weight excluding hydrogens is 433 g/mol. The minimum absolute atomic E-state index is 0.00795. The van der Waals surface area contributed by atoms with Crippen molar-refractivity contribution in [3.63, 3.8) is 0 Å². The van der Waals surface area contributed by atoms with Crippen LogP contribution in [-0.4, -0.2) is 20.9 Å². The number of carbonyl (C=O) groups is 1. The van der Waals surface area contributed by atoms with Crippen LogP contribution in [-0.2, 0) is 21.2 Å². The van der Waals surface area contributed by atoms with Crippen LogP contribution in [0.15, 0.2) is 71.6 Å². The number of hydrogen-bond donors (Lipinski definition) is 2. The standard InChI is InChI=1S/C23H20FN3O4S/c1-16-14-21(32(29,30)27-20-8-4-18(24)5-9-20)10-11-22(16)31-15-23(28)26-19-6-2-17(3-7-19)12-13-25/h2-11,14,27H,12,15H2,1H3,(H,26,28). The van der Waals surface area contributed by atoms with Crippen LogP contribution in [0, 0.1) is 24.1 Å². The number of carbonyl (C=O) groups excluding carboxylic acids is 1. The van der Waals surface area contributed by atoms with Crippen LogP contribution in [0.2, 0.25) is 0 Å². The van der Waals surface area contributed by atoms with Crippen molar-refractivity contribution in [2.45, 2.75) is 18.2 Å². The van der Waals surface area contributed by atoms with Crippen LogP contribution in [0.3, 0.4) is 0 Å². The Kier molecular flexibility index (Phi) is 7.07. The summed E-state index contributed by atoms with van der Waals surface area (Å²) in [7, 11) is -3.87. The van der Waals surface area contributed by atoms with Crippen LogP contribution in [0.1, 0.15) is 11.1 Å². The predicted octanol–water partition coefficient (Wildman–Crippen LogP) is 4.02. The molecular formula is C23H20FN3O4S. The lowest BCUT2D eigenvalue weighted by molar-refractivity contribution is -0.118. The Morgan fingerprint density at radius 1 is 1.03 bits per heavy atom. The van der Waals surface area contributed by atoms with Gasteiger partial charge in [0.2, 0.25) is 0 Å². The van der Waals surface area contributed by atoms with Gasteiger partial charge >= 0.3 is 0 Å². The molecule has 0 heterocycles. The topological polar surface area (TPSA) is 108 Å². The third-order valence-corrected chi connectivity index (χ3v) is 5.81. The number of anilines is 2. The van der Waals surface area contributed by atoms with Gasteiger partial charge in [-0.15, -0.1) is 0 Å². The first kappa shape index (κ1) is 22.8. The van der Waals surface area contributed by atoms with E-state index in [4.69, 9.17) is 10.00 Å². The molecule has 0 radical (unpaired) electrons. The van der Waals surface area contributed by atoms with Crippen LogP contribution in [0.4, 0.5) is 15.8 Å². The molecule has 0 aromatic heterocycles. The summed E-state index contributed by atoms with van der Waals surface area (Å²) in [5.41, 5.74) is 2.19. The second-order valence-corrected chi connectivity index (χ2v) is 8.59. The normalized spacial score (nSPS) is 10.8. The molecule has 0 saturated carbocycles. The highest BCUT2D eigenvalue weighted by Crippen LogP contribution is 2.24. The second-order valence-electron chi connectivity index (χ2n) is 6.91. The Morgan fingerprint density at radius 3 is 2.31 bits per heavy atom. The minimum atomic E-state index is -3.87. The third-order valence-electron chi connectivity index (χ3n) is 4.43. The minimum Gasteiger partial charge on any atom is -0.483 e. The third kappa shape index (κ3) is 6.06. The van der Waals surface area contributed by atoms with Gasteiger partial charge < -0.3 is 10.1 Å². The van der Waals surface area contributed by atoms with Gasteiger partial charge in [0.25, 0.3) is 15.9 Å². The number of aryl methyl sites for hydroxylation is 1. The average Bonchev–Trinajstić information content (AvgIpc) is 2.76. The van der Waals surface area contributed by atoms with Gasteiger partial charge in [0.15, 0.2) is 6.61 Å². The SMILES string of the molecule is Cc1cc(S(=O)(=O)Nc2ccc(F)cc2)ccc1OCC(=O)Nc1ccc(CC#N)cc1. The molecule has 3 aromatic rings. The highest BCUT2D eigenvalue weighted by Gasteiger charge is 2.16. The summed E-state index contributed by atoms with van der Waals surface area (Å²) in [6, 6.07) is 18.2. The number of benzene rings is 3. The summed E-state index contributed by atoms with van der Waals surface area (Å²) >= 11 is 0. The Bertz CT molecular complexity index is 1250. The smallest absolute Gasteiger partial charge is 0.262 e. The summed E-state index contributed by atoms with van der Waals surface area (Å²) in [6.07, 6.45) is 0.293. The zero-order chi connectivity index (χ0) is 23.1. The summed E-state index contributed by atoms with van der Waals surface area (Å²) in [4.78, 5) is 12.1. The van der Waals surface area contributed by atoms with Crippen molar-refractivity contribution in [1.82, 2.24) is 0 Å². The molecule has 0 fully saturated rings. The lowest BCUT2D eigenvalue weighted by Crippen LogP contribution is -2.20. The molecule has 3 aromatic carbocycles. The second kappa shape index (κ2) is 9.94. The van der Waals surface area contributed by atoms with Gasteiger partial charge in [0.1, 0.15) is 11.6 Å². The number of rotatable bonds is 8. The number of sulfonamides is 1. The number of halogens is 1. The van der Waals surface area contributed by atoms with Crippen molar-refractivity contribution in [3.8, 4) is 11.8 Å². The lowest BCUT2D eigenvalue weighted by Gasteiger charge is -2.12. The van der Waals surface area contributed by atoms with E-state index in [2.05, 4.69) is 16.1 Å². The van der Waals surface area contributed by atoms with Crippen molar-refractivity contribution in [3.05, 3.63) is 83.7 Å². The highest BCUT2D eigenvalue weighted by atomic mass is 32.2. The molecule has 164 valence electrons. The Hall–Kier alpha value is -3.90. The lowest BCUT2D eigenvalue weighted by atomic mass is 10.1. The van der Waals surface area contributed by atoms with Gasteiger partial charge in [-0.1, -0.05) is 12.1 Å². The maximum Gasteiger partial charge on any atom is 0.262 e. The maximum atomic E-state index is 13.0. The van der Waals surface area contributed by atoms with E-state index >= 15 is 0 Å². The molecule has 3 rings (SSSR count). The Balaban J connectivity index is 1.60. The van der Waals surface area contributed by atoms with E-state index in [-0.39, 0.29) is 23.1 Å². The molecule has 7 nitrogen and oxygen atoms in total. The molecule has 0 saturated heterocycles. The van der Waals surface area contributed by atoms with Crippen molar-refractivity contribution in [2.24, 2.45) is 0 Å². The maximum absolute atomic E-state index is 13.0. The molecule has 0 aliphatic heterocycles. The van der Waals surface area contributed by atoms with E-state index in [0.29, 0.717) is 23.4 Å². The van der Waals surface area contributed by atoms with Gasteiger partial charge in [0, 0.05) is 11.4 Å². The summed E-state index contributed by atoms with van der Waals surface area (Å²) in [5, 5.41) is 11.4. The average molecular weight is 453 g/mol. The zero-order valence-corrected chi connectivity index (χ0v) is 17.9. The van der Waals surface area contributed by atoms with Crippen LogP contribution < -0.4 is 14.8 Å². The summed E-state index contributed by atoms with van der Waals surface area (Å²) in [6.45, 7) is 1.40. The van der Waals surface area contributed by atoms with Gasteiger partial charge in [-0.2, -0.15) is 5.26 Å². The van der Waals surface area contributed by atoms with Crippen LogP contribution in [0.25, 0.3) is 0 Å². The molecule has 1 amide bonds. The molecule has 9 heteroatoms. The van der Waals surface area contributed by atoms with Gasteiger partial charge in [-0.3, -0.25) is 9.52 Å². The first-order chi connectivity index (χ1) is 15.3. The number of nitriles is 1. The van der Waals surface area contributed by atoms with E-state index in [1.54, 1.807) is 31.2 Å². The van der Waals surface area contributed by atoms with Crippen molar-refractivity contribution in [2.75, 3.05) is 16.6 Å². The zero-order valence-electron chi connectivity index (χ0n) is 17.1. The monoisotopic (exact) mass is 453 g/mol. The number of amides is 1. The van der Waals surface area contributed by atoms with Gasteiger partial charge in [-0.25, -0.2) is 12.8 Å². The fourth-order valence-corrected chi connectivity index (χ4v) is 3.96. The number of hydrogen-bond acceptors (Lipinski definition) is 5. The van der Waals surface area contributed by atoms with E-state index in [9.17, 15) is 17.6 Å². The molecule has 2 N–H and O–H groups in total. The van der Waals surface area contributed by atoms with E-state index in [0.717, 1.165) is 17.7 Å². The molecule has 0 aliphatic rings. The largest absolute Gasteiger partial charge is 0.483 e. The fraction of sp³-hybridized carbons (Fsp3) is 0.130. The number of nitrogens with zero attached hydrogens (tertiary/aromatic N) is 1. The van der Waals surface area contributed by atoms with E-state index in [1.165, 1.54) is 30.3 Å². The van der Waals surface area contributed by atoms with Crippen LogP contribution >= 0.6 is 0 Å². The molecule has 0 bridgehead atoms. The first-order valence-corrected chi connectivity index (χ1v) is 11.0. The van der Waals surface area contributed by atoms with E-state index < -0.39 is 15.8 Å².